The number of aryl methyl sites for hydroxylation is 1. The highest BCUT2D eigenvalue weighted by Gasteiger charge is 2.10. The molecule has 0 saturated carbocycles. The number of ether oxygens (including phenoxy) is 1. The Labute approximate surface area is 139 Å². The summed E-state index contributed by atoms with van der Waals surface area (Å²) in [5.74, 6) is 0.785. The normalized spacial score (nSPS) is 10.7. The third-order valence-corrected chi connectivity index (χ3v) is 3.90. The molecule has 0 spiro atoms. The molecule has 2 rings (SSSR count). The molecule has 0 N–H and O–H groups in total. The molecular formula is C16H18Cl2N2O2. The molecule has 2 aromatic rings. The van der Waals surface area contributed by atoms with E-state index in [4.69, 9.17) is 27.9 Å². The van der Waals surface area contributed by atoms with Crippen LogP contribution < -0.4 is 10.3 Å². The van der Waals surface area contributed by atoms with E-state index < -0.39 is 0 Å². The van der Waals surface area contributed by atoms with Crippen molar-refractivity contribution in [2.75, 3.05) is 0 Å². The number of unbranched alkanes of at least 4 members (excludes halogenated alkanes) is 1. The maximum absolute atomic E-state index is 12.1. The number of benzene rings is 1. The second-order valence-electron chi connectivity index (χ2n) is 4.94. The van der Waals surface area contributed by atoms with Crippen molar-refractivity contribution in [3.05, 3.63) is 57.0 Å². The van der Waals surface area contributed by atoms with Crippen molar-refractivity contribution in [2.24, 2.45) is 0 Å². The minimum Gasteiger partial charge on any atom is -0.485 e. The van der Waals surface area contributed by atoms with Gasteiger partial charge in [0.2, 0.25) is 0 Å². The molecule has 0 aliphatic carbocycles. The second-order valence-corrected chi connectivity index (χ2v) is 5.59. The quantitative estimate of drug-likeness (QED) is 0.715. The third kappa shape index (κ3) is 4.24. The van der Waals surface area contributed by atoms with Crippen LogP contribution in [0, 0.1) is 0 Å². The number of hydrogen-bond donors (Lipinski definition) is 0. The summed E-state index contributed by atoms with van der Waals surface area (Å²) in [6.07, 6.45) is 3.37. The van der Waals surface area contributed by atoms with E-state index in [0.717, 1.165) is 24.0 Å². The second kappa shape index (κ2) is 8.20. The van der Waals surface area contributed by atoms with Crippen molar-refractivity contribution in [1.82, 2.24) is 9.78 Å². The Morgan fingerprint density at radius 3 is 2.55 bits per heavy atom. The smallest absolute Gasteiger partial charge is 0.289 e. The molecule has 0 unspecified atom stereocenters. The highest BCUT2D eigenvalue weighted by Crippen LogP contribution is 2.20. The van der Waals surface area contributed by atoms with Crippen LogP contribution in [0.4, 0.5) is 0 Å². The van der Waals surface area contributed by atoms with Gasteiger partial charge in [0.1, 0.15) is 6.61 Å². The Bertz CT molecular complexity index is 669. The standard InChI is InChI=1S/C16H18Cl2N2O2/c1-2-3-8-20-16(21)15(18)14(10-19-20)22-11-13-6-4-12(9-17)5-7-13/h4-7,10H,2-3,8-9,11H2,1H3. The molecule has 118 valence electrons. The highest BCUT2D eigenvalue weighted by atomic mass is 35.5. The summed E-state index contributed by atoms with van der Waals surface area (Å²) in [6.45, 7) is 2.94. The Balaban J connectivity index is 2.06. The van der Waals surface area contributed by atoms with Gasteiger partial charge in [0.05, 0.1) is 6.20 Å². The van der Waals surface area contributed by atoms with Gasteiger partial charge in [-0.2, -0.15) is 5.10 Å². The molecule has 4 nitrogen and oxygen atoms in total. The fraction of sp³-hybridized carbons (Fsp3) is 0.375. The Hall–Kier alpha value is -1.52. The minimum absolute atomic E-state index is 0.0727. The molecule has 0 fully saturated rings. The van der Waals surface area contributed by atoms with E-state index in [1.54, 1.807) is 0 Å². The van der Waals surface area contributed by atoms with E-state index in [1.165, 1.54) is 10.9 Å². The molecule has 1 aromatic carbocycles. The van der Waals surface area contributed by atoms with Crippen molar-refractivity contribution in [3.8, 4) is 5.75 Å². The highest BCUT2D eigenvalue weighted by molar-refractivity contribution is 6.31. The van der Waals surface area contributed by atoms with Crippen LogP contribution in [-0.4, -0.2) is 9.78 Å². The predicted octanol–water partition coefficient (Wildman–Crippen LogP) is 4.01. The number of hydrogen-bond acceptors (Lipinski definition) is 3. The van der Waals surface area contributed by atoms with Gasteiger partial charge in [0.15, 0.2) is 10.8 Å². The zero-order valence-corrected chi connectivity index (χ0v) is 13.9. The lowest BCUT2D eigenvalue weighted by Gasteiger charge is -2.10. The fourth-order valence-corrected chi connectivity index (χ4v) is 2.28. The molecule has 0 radical (unpaired) electrons. The first-order valence-corrected chi connectivity index (χ1v) is 8.09. The number of halogens is 2. The first-order chi connectivity index (χ1) is 10.7. The van der Waals surface area contributed by atoms with Gasteiger partial charge in [0, 0.05) is 12.4 Å². The number of aromatic nitrogens is 2. The van der Waals surface area contributed by atoms with Gasteiger partial charge >= 0.3 is 0 Å². The topological polar surface area (TPSA) is 44.1 Å². The van der Waals surface area contributed by atoms with Crippen molar-refractivity contribution in [2.45, 2.75) is 38.8 Å². The minimum atomic E-state index is -0.315. The van der Waals surface area contributed by atoms with E-state index in [9.17, 15) is 4.79 Å². The average Bonchev–Trinajstić information content (AvgIpc) is 2.56. The van der Waals surface area contributed by atoms with Crippen molar-refractivity contribution < 1.29 is 4.74 Å². The van der Waals surface area contributed by atoms with Crippen LogP contribution >= 0.6 is 23.2 Å². The van der Waals surface area contributed by atoms with Gasteiger partial charge in [-0.25, -0.2) is 4.68 Å². The van der Waals surface area contributed by atoms with Crippen LogP contribution in [0.15, 0.2) is 35.3 Å². The van der Waals surface area contributed by atoms with E-state index >= 15 is 0 Å². The predicted molar refractivity (Wildman–Crippen MR) is 88.7 cm³/mol. The van der Waals surface area contributed by atoms with Crippen molar-refractivity contribution in [1.29, 1.82) is 0 Å². The molecule has 1 aromatic heterocycles. The summed E-state index contributed by atoms with van der Waals surface area (Å²) < 4.78 is 6.96. The lowest BCUT2D eigenvalue weighted by molar-refractivity contribution is 0.302. The van der Waals surface area contributed by atoms with Crippen LogP contribution in [0.3, 0.4) is 0 Å². The largest absolute Gasteiger partial charge is 0.485 e. The van der Waals surface area contributed by atoms with Gasteiger partial charge in [-0.3, -0.25) is 4.79 Å². The number of rotatable bonds is 7. The van der Waals surface area contributed by atoms with Gasteiger partial charge in [0.25, 0.3) is 5.56 Å². The maximum atomic E-state index is 12.1. The van der Waals surface area contributed by atoms with E-state index in [1.807, 2.05) is 24.3 Å². The molecule has 22 heavy (non-hydrogen) atoms. The summed E-state index contributed by atoms with van der Waals surface area (Å²) in [4.78, 5) is 12.1. The van der Waals surface area contributed by atoms with E-state index in [-0.39, 0.29) is 10.6 Å². The van der Waals surface area contributed by atoms with Crippen molar-refractivity contribution >= 4 is 23.2 Å². The summed E-state index contributed by atoms with van der Waals surface area (Å²) >= 11 is 11.8. The van der Waals surface area contributed by atoms with Crippen molar-refractivity contribution in [3.63, 3.8) is 0 Å². The summed E-state index contributed by atoms with van der Waals surface area (Å²) in [5.41, 5.74) is 1.70. The average molecular weight is 341 g/mol. The van der Waals surface area contributed by atoms with Crippen LogP contribution in [0.2, 0.25) is 5.02 Å². The van der Waals surface area contributed by atoms with Crippen LogP contribution in [0.25, 0.3) is 0 Å². The summed E-state index contributed by atoms with van der Waals surface area (Å²) in [6, 6.07) is 7.74. The Morgan fingerprint density at radius 1 is 1.23 bits per heavy atom. The Morgan fingerprint density at radius 2 is 1.91 bits per heavy atom. The molecule has 0 aliphatic heterocycles. The molecule has 0 bridgehead atoms. The van der Waals surface area contributed by atoms with E-state index in [0.29, 0.717) is 24.8 Å². The zero-order valence-electron chi connectivity index (χ0n) is 12.4. The molecule has 0 saturated heterocycles. The van der Waals surface area contributed by atoms with Crippen LogP contribution in [-0.2, 0) is 19.0 Å². The van der Waals surface area contributed by atoms with Gasteiger partial charge in [-0.15, -0.1) is 11.6 Å². The van der Waals surface area contributed by atoms with Crippen LogP contribution in [0.5, 0.6) is 5.75 Å². The van der Waals surface area contributed by atoms with Crippen LogP contribution in [0.1, 0.15) is 30.9 Å². The lowest BCUT2D eigenvalue weighted by atomic mass is 10.2. The zero-order chi connectivity index (χ0) is 15.9. The monoisotopic (exact) mass is 340 g/mol. The number of alkyl halides is 1. The van der Waals surface area contributed by atoms with Gasteiger partial charge in [-0.05, 0) is 17.5 Å². The first-order valence-electron chi connectivity index (χ1n) is 7.18. The van der Waals surface area contributed by atoms with Gasteiger partial charge in [-0.1, -0.05) is 49.2 Å². The number of nitrogens with zero attached hydrogens (tertiary/aromatic N) is 2. The SMILES string of the molecule is CCCCn1ncc(OCc2ccc(CCl)cc2)c(Cl)c1=O. The van der Waals surface area contributed by atoms with Gasteiger partial charge < -0.3 is 4.74 Å². The molecular weight excluding hydrogens is 323 g/mol. The van der Waals surface area contributed by atoms with E-state index in [2.05, 4.69) is 12.0 Å². The molecule has 6 heteroatoms. The molecule has 1 heterocycles. The molecule has 0 aliphatic rings. The third-order valence-electron chi connectivity index (χ3n) is 3.25. The Kier molecular flexibility index (Phi) is 6.28. The first kappa shape index (κ1) is 16.8. The molecule has 0 atom stereocenters. The summed E-state index contributed by atoms with van der Waals surface area (Å²) in [7, 11) is 0. The fourth-order valence-electron chi connectivity index (χ4n) is 1.90. The maximum Gasteiger partial charge on any atom is 0.289 e. The molecule has 0 amide bonds. The lowest BCUT2D eigenvalue weighted by Crippen LogP contribution is -2.23. The summed E-state index contributed by atoms with van der Waals surface area (Å²) in [5, 5.41) is 4.17.